The van der Waals surface area contributed by atoms with Crippen molar-refractivity contribution in [2.45, 2.75) is 25.3 Å². The molecule has 1 aromatic rings. The van der Waals surface area contributed by atoms with Gasteiger partial charge in [0.1, 0.15) is 5.69 Å². The second-order valence-electron chi connectivity index (χ2n) is 5.59. The van der Waals surface area contributed by atoms with Gasteiger partial charge in [-0.25, -0.2) is 0 Å². The van der Waals surface area contributed by atoms with Crippen molar-refractivity contribution in [2.75, 3.05) is 5.32 Å². The van der Waals surface area contributed by atoms with Crippen LogP contribution in [0, 0.1) is 17.8 Å². The number of hydrogen-bond acceptors (Lipinski definition) is 3. The van der Waals surface area contributed by atoms with Gasteiger partial charge in [0.25, 0.3) is 5.91 Å². The van der Waals surface area contributed by atoms with E-state index in [-0.39, 0.29) is 23.6 Å². The Balaban J connectivity index is 1.69. The topological polar surface area (TPSA) is 114 Å². The lowest BCUT2D eigenvalue weighted by Crippen LogP contribution is -2.42. The number of amides is 2. The highest BCUT2D eigenvalue weighted by Gasteiger charge is 2.49. The van der Waals surface area contributed by atoms with Crippen LogP contribution in [0.2, 0.25) is 0 Å². The first-order chi connectivity index (χ1) is 9.06. The summed E-state index contributed by atoms with van der Waals surface area (Å²) in [5.74, 6) is 0.209. The molecule has 0 saturated heterocycles. The monoisotopic (exact) mass is 262 g/mol. The number of carbonyl (C=O) groups excluding carboxylic acids is 2. The summed E-state index contributed by atoms with van der Waals surface area (Å²) in [6.45, 7) is 0. The lowest BCUT2D eigenvalue weighted by atomic mass is 9.84. The molecule has 4 unspecified atom stereocenters. The number of aromatic amines is 1. The summed E-state index contributed by atoms with van der Waals surface area (Å²) in [5.41, 5.74) is 12.1. The van der Waals surface area contributed by atoms with Gasteiger partial charge in [-0.15, -0.1) is 0 Å². The smallest absolute Gasteiger partial charge is 0.265 e. The maximum atomic E-state index is 12.3. The number of carbonyl (C=O) groups is 2. The zero-order chi connectivity index (χ0) is 13.6. The normalized spacial score (nSPS) is 32.5. The molecule has 2 amide bonds. The van der Waals surface area contributed by atoms with Gasteiger partial charge in [-0.3, -0.25) is 9.59 Å². The second-order valence-corrected chi connectivity index (χ2v) is 5.59. The number of nitrogens with one attached hydrogen (secondary N) is 2. The van der Waals surface area contributed by atoms with Gasteiger partial charge in [0.15, 0.2) is 0 Å². The van der Waals surface area contributed by atoms with Crippen molar-refractivity contribution in [1.82, 2.24) is 4.98 Å². The van der Waals surface area contributed by atoms with Crippen molar-refractivity contribution in [3.05, 3.63) is 18.0 Å². The molecule has 2 bridgehead atoms. The van der Waals surface area contributed by atoms with E-state index in [1.165, 1.54) is 0 Å². The van der Waals surface area contributed by atoms with Gasteiger partial charge in [0.2, 0.25) is 5.91 Å². The van der Waals surface area contributed by atoms with Gasteiger partial charge < -0.3 is 21.8 Å². The van der Waals surface area contributed by atoms with E-state index in [0.717, 1.165) is 19.3 Å². The van der Waals surface area contributed by atoms with Crippen LogP contribution in [-0.4, -0.2) is 22.8 Å². The Bertz CT molecular complexity index is 522. The maximum absolute atomic E-state index is 12.3. The third kappa shape index (κ3) is 2.02. The van der Waals surface area contributed by atoms with Crippen LogP contribution in [0.1, 0.15) is 29.8 Å². The Kier molecular flexibility index (Phi) is 2.82. The van der Waals surface area contributed by atoms with Crippen LogP contribution in [0.25, 0.3) is 0 Å². The molecule has 0 spiro atoms. The molecular weight excluding hydrogens is 244 g/mol. The van der Waals surface area contributed by atoms with E-state index >= 15 is 0 Å². The highest BCUT2D eigenvalue weighted by atomic mass is 16.2. The van der Waals surface area contributed by atoms with Crippen LogP contribution >= 0.6 is 0 Å². The summed E-state index contributed by atoms with van der Waals surface area (Å²) >= 11 is 0. The summed E-state index contributed by atoms with van der Waals surface area (Å²) in [6.07, 6.45) is 4.87. The number of fused-ring (bicyclic) bond motifs is 2. The fraction of sp³-hybridized carbons (Fsp3) is 0.538. The van der Waals surface area contributed by atoms with E-state index in [9.17, 15) is 9.59 Å². The molecule has 0 radical (unpaired) electrons. The average Bonchev–Trinajstić information content (AvgIpc) is 3.02. The van der Waals surface area contributed by atoms with Crippen molar-refractivity contribution in [2.24, 2.45) is 29.2 Å². The van der Waals surface area contributed by atoms with Crippen molar-refractivity contribution in [1.29, 1.82) is 0 Å². The summed E-state index contributed by atoms with van der Waals surface area (Å²) in [4.78, 5) is 26.0. The molecule has 0 aromatic carbocycles. The van der Waals surface area contributed by atoms with Gasteiger partial charge in [0, 0.05) is 12.2 Å². The Morgan fingerprint density at radius 3 is 2.63 bits per heavy atom. The number of aromatic nitrogens is 1. The predicted molar refractivity (Wildman–Crippen MR) is 70.2 cm³/mol. The number of nitrogens with two attached hydrogens (primary N) is 2. The Hall–Kier alpha value is -1.82. The molecule has 6 heteroatoms. The SMILES string of the molecule is NC(=O)c1cc(NC(=O)C2C3CCC(C3)C2N)c[nH]1. The summed E-state index contributed by atoms with van der Waals surface area (Å²) in [6, 6.07) is 1.51. The zero-order valence-corrected chi connectivity index (χ0v) is 10.6. The largest absolute Gasteiger partial charge is 0.364 e. The fourth-order valence-corrected chi connectivity index (χ4v) is 3.56. The van der Waals surface area contributed by atoms with Gasteiger partial charge in [-0.05, 0) is 37.2 Å². The molecule has 6 nitrogen and oxygen atoms in total. The number of rotatable bonds is 3. The molecule has 2 aliphatic rings. The number of hydrogen-bond donors (Lipinski definition) is 4. The number of H-pyrrole nitrogens is 1. The van der Waals surface area contributed by atoms with Crippen LogP contribution in [0.15, 0.2) is 12.3 Å². The molecule has 0 aliphatic heterocycles. The second kappa shape index (κ2) is 4.38. The summed E-state index contributed by atoms with van der Waals surface area (Å²) in [7, 11) is 0. The quantitative estimate of drug-likeness (QED) is 0.633. The molecule has 1 heterocycles. The summed E-state index contributed by atoms with van der Waals surface area (Å²) in [5, 5.41) is 2.82. The van der Waals surface area contributed by atoms with Crippen LogP contribution in [0.4, 0.5) is 5.69 Å². The lowest BCUT2D eigenvalue weighted by molar-refractivity contribution is -0.121. The minimum Gasteiger partial charge on any atom is -0.364 e. The first-order valence-corrected chi connectivity index (χ1v) is 6.61. The fourth-order valence-electron chi connectivity index (χ4n) is 3.56. The van der Waals surface area contributed by atoms with Crippen LogP contribution < -0.4 is 16.8 Å². The molecule has 19 heavy (non-hydrogen) atoms. The van der Waals surface area contributed by atoms with Gasteiger partial charge in [-0.2, -0.15) is 0 Å². The number of anilines is 1. The molecule has 4 atom stereocenters. The van der Waals surface area contributed by atoms with Crippen molar-refractivity contribution in [3.8, 4) is 0 Å². The van der Waals surface area contributed by atoms with E-state index < -0.39 is 5.91 Å². The first-order valence-electron chi connectivity index (χ1n) is 6.61. The zero-order valence-electron chi connectivity index (χ0n) is 10.6. The predicted octanol–water partition coefficient (Wildman–Crippen LogP) is 0.425. The van der Waals surface area contributed by atoms with Crippen molar-refractivity contribution >= 4 is 17.5 Å². The lowest BCUT2D eigenvalue weighted by Gasteiger charge is -2.26. The molecule has 6 N–H and O–H groups in total. The molecule has 3 rings (SSSR count). The maximum Gasteiger partial charge on any atom is 0.265 e. The standard InChI is InChI=1S/C13H18N4O2/c14-11-7-2-1-6(3-7)10(11)13(19)17-8-4-9(12(15)18)16-5-8/h4-7,10-11,16H,1-3,14H2,(H2,15,18)(H,17,19). The highest BCUT2D eigenvalue weighted by molar-refractivity contribution is 5.96. The number of primary amides is 1. The molecular formula is C13H18N4O2. The third-order valence-electron chi connectivity index (χ3n) is 4.50. The average molecular weight is 262 g/mol. The van der Waals surface area contributed by atoms with Crippen LogP contribution in [0.3, 0.4) is 0 Å². The van der Waals surface area contributed by atoms with E-state index in [2.05, 4.69) is 10.3 Å². The van der Waals surface area contributed by atoms with Gasteiger partial charge in [0.05, 0.1) is 11.6 Å². The minimum absolute atomic E-state index is 0.0340. The van der Waals surface area contributed by atoms with Crippen molar-refractivity contribution in [3.63, 3.8) is 0 Å². The molecule has 2 saturated carbocycles. The minimum atomic E-state index is -0.544. The highest BCUT2D eigenvalue weighted by Crippen LogP contribution is 2.47. The Labute approximate surface area is 110 Å². The van der Waals surface area contributed by atoms with E-state index in [4.69, 9.17) is 11.5 Å². The Morgan fingerprint density at radius 1 is 1.32 bits per heavy atom. The van der Waals surface area contributed by atoms with Crippen molar-refractivity contribution < 1.29 is 9.59 Å². The van der Waals surface area contributed by atoms with E-state index in [1.54, 1.807) is 12.3 Å². The van der Waals surface area contributed by atoms with E-state index in [1.807, 2.05) is 0 Å². The van der Waals surface area contributed by atoms with Crippen LogP contribution in [0.5, 0.6) is 0 Å². The molecule has 102 valence electrons. The molecule has 1 aromatic heterocycles. The Morgan fingerprint density at radius 2 is 2.05 bits per heavy atom. The third-order valence-corrected chi connectivity index (χ3v) is 4.50. The summed E-state index contributed by atoms with van der Waals surface area (Å²) < 4.78 is 0. The van der Waals surface area contributed by atoms with Gasteiger partial charge in [-0.1, -0.05) is 0 Å². The van der Waals surface area contributed by atoms with Gasteiger partial charge >= 0.3 is 0 Å². The molecule has 2 fully saturated rings. The van der Waals surface area contributed by atoms with E-state index in [0.29, 0.717) is 17.5 Å². The first kappa shape index (κ1) is 12.2. The van der Waals surface area contributed by atoms with Crippen LogP contribution in [-0.2, 0) is 4.79 Å². The molecule has 2 aliphatic carbocycles.